The highest BCUT2D eigenvalue weighted by Crippen LogP contribution is 2.14. The van der Waals surface area contributed by atoms with Crippen LogP contribution in [0.25, 0.3) is 0 Å². The number of unbranched alkanes of at least 4 members (excludes halogenated alkanes) is 26. The molecule has 0 amide bonds. The van der Waals surface area contributed by atoms with Crippen LogP contribution < -0.4 is 0 Å². The molecule has 0 aliphatic rings. The van der Waals surface area contributed by atoms with Gasteiger partial charge in [-0.2, -0.15) is 0 Å². The first-order chi connectivity index (χ1) is 30.5. The van der Waals surface area contributed by atoms with Gasteiger partial charge in [-0.25, -0.2) is 0 Å². The van der Waals surface area contributed by atoms with E-state index in [0.717, 1.165) is 77.0 Å². The van der Waals surface area contributed by atoms with Crippen molar-refractivity contribution < 1.29 is 28.6 Å². The largest absolute Gasteiger partial charge is 0.462 e. The highest BCUT2D eigenvalue weighted by Gasteiger charge is 2.19. The molecule has 0 aliphatic heterocycles. The summed E-state index contributed by atoms with van der Waals surface area (Å²) >= 11 is 0. The van der Waals surface area contributed by atoms with E-state index in [1.165, 1.54) is 135 Å². The van der Waals surface area contributed by atoms with Crippen molar-refractivity contribution in [1.82, 2.24) is 0 Å². The van der Waals surface area contributed by atoms with Gasteiger partial charge in [0.05, 0.1) is 0 Å². The van der Waals surface area contributed by atoms with E-state index in [4.69, 9.17) is 14.2 Å². The fourth-order valence-corrected chi connectivity index (χ4v) is 7.24. The molecule has 6 nitrogen and oxygen atoms in total. The van der Waals surface area contributed by atoms with E-state index in [2.05, 4.69) is 81.5 Å². The van der Waals surface area contributed by atoms with Gasteiger partial charge in [0.25, 0.3) is 0 Å². The zero-order chi connectivity index (χ0) is 45.1. The van der Waals surface area contributed by atoms with E-state index in [1.807, 2.05) is 0 Å². The summed E-state index contributed by atoms with van der Waals surface area (Å²) < 4.78 is 16.8. The Labute approximate surface area is 383 Å². The van der Waals surface area contributed by atoms with Crippen molar-refractivity contribution in [2.45, 2.75) is 264 Å². The Morgan fingerprint density at radius 2 is 0.581 bits per heavy atom. The van der Waals surface area contributed by atoms with Crippen LogP contribution in [0.1, 0.15) is 258 Å². The molecule has 0 aromatic rings. The van der Waals surface area contributed by atoms with Crippen LogP contribution in [0.4, 0.5) is 0 Å². The molecule has 62 heavy (non-hydrogen) atoms. The second-order valence-corrected chi connectivity index (χ2v) is 17.4. The quantitative estimate of drug-likeness (QED) is 0.0262. The Balaban J connectivity index is 4.43. The topological polar surface area (TPSA) is 78.9 Å². The third-order valence-electron chi connectivity index (χ3n) is 11.2. The highest BCUT2D eigenvalue weighted by molar-refractivity contribution is 5.71. The normalized spacial score (nSPS) is 12.5. The number of esters is 3. The van der Waals surface area contributed by atoms with Gasteiger partial charge in [-0.15, -0.1) is 0 Å². The van der Waals surface area contributed by atoms with E-state index in [0.29, 0.717) is 19.3 Å². The third-order valence-corrected chi connectivity index (χ3v) is 11.2. The molecule has 0 bridgehead atoms. The summed E-state index contributed by atoms with van der Waals surface area (Å²) in [7, 11) is 0. The van der Waals surface area contributed by atoms with Crippen LogP contribution in [0.5, 0.6) is 0 Å². The lowest BCUT2D eigenvalue weighted by Crippen LogP contribution is -2.30. The molecule has 0 saturated carbocycles. The molecule has 0 spiro atoms. The summed E-state index contributed by atoms with van der Waals surface area (Å²) in [6.07, 6.45) is 62.0. The van der Waals surface area contributed by atoms with Crippen LogP contribution in [0, 0.1) is 0 Å². The number of rotatable bonds is 47. The molecule has 0 radical (unpaired) electrons. The monoisotopic (exact) mass is 867 g/mol. The summed E-state index contributed by atoms with van der Waals surface area (Å²) in [5, 5.41) is 0. The molecular formula is C56H98O6. The van der Waals surface area contributed by atoms with Crippen LogP contribution >= 0.6 is 0 Å². The number of carbonyl (C=O) groups excluding carboxylic acids is 3. The van der Waals surface area contributed by atoms with Gasteiger partial charge < -0.3 is 14.2 Å². The maximum atomic E-state index is 12.8. The molecule has 0 heterocycles. The summed E-state index contributed by atoms with van der Waals surface area (Å²) in [4.78, 5) is 38.0. The average Bonchev–Trinajstić information content (AvgIpc) is 3.27. The first-order valence-corrected chi connectivity index (χ1v) is 26.3. The van der Waals surface area contributed by atoms with Crippen molar-refractivity contribution in [3.05, 3.63) is 60.8 Å². The van der Waals surface area contributed by atoms with Crippen LogP contribution in [0.15, 0.2) is 60.8 Å². The summed E-state index contributed by atoms with van der Waals surface area (Å²) in [5.74, 6) is -0.932. The molecular weight excluding hydrogens is 769 g/mol. The second kappa shape index (κ2) is 50.8. The predicted molar refractivity (Wildman–Crippen MR) is 265 cm³/mol. The lowest BCUT2D eigenvalue weighted by Gasteiger charge is -2.18. The van der Waals surface area contributed by atoms with Gasteiger partial charge in [0.1, 0.15) is 13.2 Å². The molecule has 0 unspecified atom stereocenters. The second-order valence-electron chi connectivity index (χ2n) is 17.4. The molecule has 0 aromatic carbocycles. The van der Waals surface area contributed by atoms with Gasteiger partial charge in [0.2, 0.25) is 0 Å². The number of ether oxygens (including phenoxy) is 3. The fourth-order valence-electron chi connectivity index (χ4n) is 7.24. The zero-order valence-electron chi connectivity index (χ0n) is 40.9. The van der Waals surface area contributed by atoms with Crippen molar-refractivity contribution in [2.75, 3.05) is 13.2 Å². The predicted octanol–water partition coefficient (Wildman–Crippen LogP) is 17.3. The number of carbonyl (C=O) groups is 3. The van der Waals surface area contributed by atoms with E-state index >= 15 is 0 Å². The van der Waals surface area contributed by atoms with Gasteiger partial charge in [0, 0.05) is 19.3 Å². The van der Waals surface area contributed by atoms with Crippen LogP contribution in [0.3, 0.4) is 0 Å². The van der Waals surface area contributed by atoms with Gasteiger partial charge in [-0.05, 0) is 89.9 Å². The van der Waals surface area contributed by atoms with Crippen LogP contribution in [-0.2, 0) is 28.6 Å². The number of hydrogen-bond donors (Lipinski definition) is 0. The molecule has 0 saturated heterocycles. The van der Waals surface area contributed by atoms with Crippen molar-refractivity contribution >= 4 is 17.9 Å². The summed E-state index contributed by atoms with van der Waals surface area (Å²) in [6.45, 7) is 6.55. The minimum absolute atomic E-state index is 0.0903. The molecule has 0 fully saturated rings. The average molecular weight is 867 g/mol. The zero-order valence-corrected chi connectivity index (χ0v) is 40.9. The first-order valence-electron chi connectivity index (χ1n) is 26.3. The minimum Gasteiger partial charge on any atom is -0.462 e. The SMILES string of the molecule is CCCCC/C=C\C/C=C\C/C=C\CCCCC(=O)O[C@@H](COC(=O)CCCCCCCCC/C=C\C/C=C\CCCCC)COC(=O)CCCCCCCCCCCCCC. The van der Waals surface area contributed by atoms with Gasteiger partial charge >= 0.3 is 17.9 Å². The van der Waals surface area contributed by atoms with E-state index in [-0.39, 0.29) is 37.5 Å². The smallest absolute Gasteiger partial charge is 0.306 e. The minimum atomic E-state index is -0.794. The molecule has 0 aliphatic carbocycles. The highest BCUT2D eigenvalue weighted by atomic mass is 16.6. The Bertz CT molecular complexity index is 1130. The van der Waals surface area contributed by atoms with Crippen molar-refractivity contribution in [1.29, 1.82) is 0 Å². The first kappa shape index (κ1) is 59.1. The van der Waals surface area contributed by atoms with Crippen molar-refractivity contribution in [3.8, 4) is 0 Å². The van der Waals surface area contributed by atoms with E-state index < -0.39 is 6.10 Å². The van der Waals surface area contributed by atoms with E-state index in [1.54, 1.807) is 0 Å². The number of allylic oxidation sites excluding steroid dienone is 10. The van der Waals surface area contributed by atoms with Crippen molar-refractivity contribution in [3.63, 3.8) is 0 Å². The fraction of sp³-hybridized carbons (Fsp3) is 0.768. The number of hydrogen-bond acceptors (Lipinski definition) is 6. The van der Waals surface area contributed by atoms with Crippen LogP contribution in [0.2, 0.25) is 0 Å². The standard InChI is InChI=1S/C56H98O6/c1-4-7-10-13-16-19-22-25-27-28-30-31-34-37-40-43-46-49-55(58)61-52-53(51-60-54(57)48-45-42-39-36-33-24-21-18-15-12-9-6-3)62-56(59)50-47-44-41-38-35-32-29-26-23-20-17-14-11-8-5-2/h16-17,19-20,25-27,29,35,38,53H,4-15,18,21-24,28,30-34,36-37,39-52H2,1-3H3/b19-16-,20-17-,27-25-,29-26-,38-35-/t53-/m1/s1. The molecule has 1 atom stereocenters. The Morgan fingerprint density at radius 1 is 0.323 bits per heavy atom. The lowest BCUT2D eigenvalue weighted by atomic mass is 10.0. The van der Waals surface area contributed by atoms with Crippen molar-refractivity contribution in [2.24, 2.45) is 0 Å². The van der Waals surface area contributed by atoms with Gasteiger partial charge in [0.15, 0.2) is 6.10 Å². The van der Waals surface area contributed by atoms with E-state index in [9.17, 15) is 14.4 Å². The molecule has 6 heteroatoms. The lowest BCUT2D eigenvalue weighted by molar-refractivity contribution is -0.167. The summed E-state index contributed by atoms with van der Waals surface area (Å²) in [6, 6.07) is 0. The molecule has 0 rings (SSSR count). The maximum Gasteiger partial charge on any atom is 0.306 e. The Morgan fingerprint density at radius 3 is 0.968 bits per heavy atom. The third kappa shape index (κ3) is 48.1. The van der Waals surface area contributed by atoms with Gasteiger partial charge in [-0.3, -0.25) is 14.4 Å². The Hall–Kier alpha value is -2.89. The molecule has 0 N–H and O–H groups in total. The van der Waals surface area contributed by atoms with Gasteiger partial charge in [-0.1, -0.05) is 210 Å². The Kier molecular flexibility index (Phi) is 48.4. The molecule has 0 aromatic heterocycles. The maximum absolute atomic E-state index is 12.8. The van der Waals surface area contributed by atoms with Crippen LogP contribution in [-0.4, -0.2) is 37.2 Å². The summed E-state index contributed by atoms with van der Waals surface area (Å²) in [5.41, 5.74) is 0. The molecule has 358 valence electrons.